The van der Waals surface area contributed by atoms with Crippen molar-refractivity contribution in [3.63, 3.8) is 0 Å². The molecule has 0 bridgehead atoms. The molecule has 3 rings (SSSR count). The van der Waals surface area contributed by atoms with E-state index in [0.717, 1.165) is 29.3 Å². The third kappa shape index (κ3) is 2.08. The van der Waals surface area contributed by atoms with Gasteiger partial charge in [0.25, 0.3) is 5.56 Å². The smallest absolute Gasteiger partial charge is 0.328 e. The van der Waals surface area contributed by atoms with Crippen LogP contribution in [0, 0.1) is 11.3 Å². The van der Waals surface area contributed by atoms with E-state index in [1.54, 1.807) is 12.1 Å². The molecule has 0 unspecified atom stereocenters. The van der Waals surface area contributed by atoms with Crippen LogP contribution >= 0.6 is 0 Å². The number of nitrogens with zero attached hydrogens (tertiary/aromatic N) is 3. The molecule has 7 nitrogen and oxygen atoms in total. The van der Waals surface area contributed by atoms with Gasteiger partial charge in [-0.05, 0) is 12.8 Å². The monoisotopic (exact) mass is 258 g/mol. The van der Waals surface area contributed by atoms with E-state index in [0.29, 0.717) is 11.7 Å². The molecule has 0 radical (unpaired) electrons. The molecular weight excluding hydrogens is 248 g/mol. The van der Waals surface area contributed by atoms with Gasteiger partial charge in [-0.1, -0.05) is 5.16 Å². The number of nitrogens with one attached hydrogen (secondary N) is 1. The van der Waals surface area contributed by atoms with Gasteiger partial charge in [0, 0.05) is 18.2 Å². The van der Waals surface area contributed by atoms with Crippen molar-refractivity contribution < 1.29 is 4.52 Å². The third-order valence-corrected chi connectivity index (χ3v) is 3.07. The molecule has 0 saturated heterocycles. The highest BCUT2D eigenvalue weighted by Crippen LogP contribution is 2.39. The zero-order chi connectivity index (χ0) is 13.4. The van der Waals surface area contributed by atoms with Crippen molar-refractivity contribution in [1.29, 1.82) is 5.26 Å². The number of aromatic nitrogens is 3. The molecule has 0 aromatic carbocycles. The predicted molar refractivity (Wildman–Crippen MR) is 63.6 cm³/mol. The van der Waals surface area contributed by atoms with Crippen molar-refractivity contribution in [1.82, 2.24) is 14.7 Å². The van der Waals surface area contributed by atoms with Gasteiger partial charge in [0.15, 0.2) is 5.76 Å². The fourth-order valence-electron chi connectivity index (χ4n) is 1.87. The molecule has 2 aromatic heterocycles. The first-order valence-corrected chi connectivity index (χ1v) is 5.87. The summed E-state index contributed by atoms with van der Waals surface area (Å²) in [6.45, 7) is -0.0244. The van der Waals surface area contributed by atoms with Gasteiger partial charge in [0.1, 0.15) is 11.6 Å². The van der Waals surface area contributed by atoms with Gasteiger partial charge >= 0.3 is 5.69 Å². The highest BCUT2D eigenvalue weighted by atomic mass is 16.5. The first-order valence-electron chi connectivity index (χ1n) is 5.87. The normalized spacial score (nSPS) is 14.3. The Morgan fingerprint density at radius 1 is 1.53 bits per heavy atom. The van der Waals surface area contributed by atoms with Crippen LogP contribution in [0.5, 0.6) is 0 Å². The lowest BCUT2D eigenvalue weighted by Crippen LogP contribution is -2.36. The molecule has 1 aliphatic carbocycles. The lowest BCUT2D eigenvalue weighted by Gasteiger charge is -2.00. The van der Waals surface area contributed by atoms with Crippen molar-refractivity contribution in [3.05, 3.63) is 50.1 Å². The summed E-state index contributed by atoms with van der Waals surface area (Å²) in [5.74, 6) is 0.877. The Morgan fingerprint density at radius 3 is 3.00 bits per heavy atom. The molecule has 2 heterocycles. The Hall–Kier alpha value is -2.62. The van der Waals surface area contributed by atoms with Gasteiger partial charge in [0.2, 0.25) is 0 Å². The van der Waals surface area contributed by atoms with Gasteiger partial charge < -0.3 is 9.51 Å². The van der Waals surface area contributed by atoms with E-state index >= 15 is 0 Å². The molecule has 1 aliphatic rings. The van der Waals surface area contributed by atoms with E-state index in [1.807, 2.05) is 0 Å². The van der Waals surface area contributed by atoms with Crippen LogP contribution < -0.4 is 11.2 Å². The maximum atomic E-state index is 11.8. The van der Waals surface area contributed by atoms with E-state index in [-0.39, 0.29) is 12.1 Å². The van der Waals surface area contributed by atoms with Crippen molar-refractivity contribution in [2.75, 3.05) is 0 Å². The average Bonchev–Trinajstić information content (AvgIpc) is 3.15. The van der Waals surface area contributed by atoms with E-state index in [4.69, 9.17) is 9.78 Å². The standard InChI is InChI=1S/C12H10N4O3/c13-4-8-5-14-12(18)16(11(8)17)6-9-3-10(15-19-9)7-1-2-7/h3,5,7H,1-2,6H2,(H,14,18). The SMILES string of the molecule is N#Cc1c[nH]c(=O)n(Cc2cc(C3CC3)no2)c1=O. The molecule has 96 valence electrons. The van der Waals surface area contributed by atoms with Crippen LogP contribution in [0.1, 0.15) is 35.8 Å². The number of H-pyrrole nitrogens is 1. The second-order valence-electron chi connectivity index (χ2n) is 4.50. The number of nitriles is 1. The Bertz CT molecular complexity index is 773. The third-order valence-electron chi connectivity index (χ3n) is 3.07. The van der Waals surface area contributed by atoms with Crippen LogP contribution in [0.4, 0.5) is 0 Å². The Kier molecular flexibility index (Phi) is 2.56. The minimum absolute atomic E-state index is 0.0244. The lowest BCUT2D eigenvalue weighted by atomic mass is 10.2. The van der Waals surface area contributed by atoms with Crippen molar-refractivity contribution in [2.45, 2.75) is 25.3 Å². The number of rotatable bonds is 3. The Morgan fingerprint density at radius 2 is 2.32 bits per heavy atom. The molecule has 19 heavy (non-hydrogen) atoms. The van der Waals surface area contributed by atoms with Crippen molar-refractivity contribution in [3.8, 4) is 6.07 Å². The van der Waals surface area contributed by atoms with Gasteiger partial charge in [-0.3, -0.25) is 9.36 Å². The van der Waals surface area contributed by atoms with E-state index in [2.05, 4.69) is 10.1 Å². The quantitative estimate of drug-likeness (QED) is 0.853. The maximum Gasteiger partial charge on any atom is 0.328 e. The summed E-state index contributed by atoms with van der Waals surface area (Å²) >= 11 is 0. The highest BCUT2D eigenvalue weighted by molar-refractivity contribution is 5.22. The summed E-state index contributed by atoms with van der Waals surface area (Å²) in [7, 11) is 0. The summed E-state index contributed by atoms with van der Waals surface area (Å²) in [6.07, 6.45) is 3.30. The maximum absolute atomic E-state index is 11.8. The molecule has 7 heteroatoms. The van der Waals surface area contributed by atoms with Gasteiger partial charge in [-0.25, -0.2) is 4.79 Å². The lowest BCUT2D eigenvalue weighted by molar-refractivity contribution is 0.367. The minimum atomic E-state index is -0.629. The van der Waals surface area contributed by atoms with E-state index < -0.39 is 11.2 Å². The minimum Gasteiger partial charge on any atom is -0.359 e. The molecule has 1 fully saturated rings. The Labute approximate surface area is 107 Å². The highest BCUT2D eigenvalue weighted by Gasteiger charge is 2.27. The van der Waals surface area contributed by atoms with Crippen LogP contribution in [0.15, 0.2) is 26.4 Å². The second-order valence-corrected chi connectivity index (χ2v) is 4.50. The zero-order valence-electron chi connectivity index (χ0n) is 9.92. The first kappa shape index (κ1) is 11.5. The van der Waals surface area contributed by atoms with Gasteiger partial charge in [-0.15, -0.1) is 0 Å². The van der Waals surface area contributed by atoms with E-state index in [1.165, 1.54) is 0 Å². The molecule has 2 aromatic rings. The number of aromatic amines is 1. The van der Waals surface area contributed by atoms with E-state index in [9.17, 15) is 9.59 Å². The summed E-state index contributed by atoms with van der Waals surface area (Å²) in [5, 5.41) is 12.7. The molecule has 1 saturated carbocycles. The fraction of sp³-hybridized carbons (Fsp3) is 0.333. The summed E-state index contributed by atoms with van der Waals surface area (Å²) in [5.41, 5.74) is -0.457. The molecule has 0 aliphatic heterocycles. The van der Waals surface area contributed by atoms with Crippen LogP contribution in [0.3, 0.4) is 0 Å². The van der Waals surface area contributed by atoms with Crippen molar-refractivity contribution >= 4 is 0 Å². The average molecular weight is 258 g/mol. The van der Waals surface area contributed by atoms with Gasteiger partial charge in [0.05, 0.1) is 12.2 Å². The van der Waals surface area contributed by atoms with Crippen LogP contribution in [-0.2, 0) is 6.54 Å². The molecule has 0 atom stereocenters. The second kappa shape index (κ2) is 4.24. The molecule has 0 spiro atoms. The van der Waals surface area contributed by atoms with Crippen LogP contribution in [-0.4, -0.2) is 14.7 Å². The van der Waals surface area contributed by atoms with Crippen LogP contribution in [0.25, 0.3) is 0 Å². The Balaban J connectivity index is 1.96. The molecular formula is C12H10N4O3. The zero-order valence-corrected chi connectivity index (χ0v) is 9.92. The molecule has 1 N–H and O–H groups in total. The van der Waals surface area contributed by atoms with Gasteiger partial charge in [-0.2, -0.15) is 5.26 Å². The molecule has 0 amide bonds. The summed E-state index contributed by atoms with van der Waals surface area (Å²) < 4.78 is 6.03. The summed E-state index contributed by atoms with van der Waals surface area (Å²) in [6, 6.07) is 3.48. The largest absolute Gasteiger partial charge is 0.359 e. The topological polar surface area (TPSA) is 105 Å². The first-order chi connectivity index (χ1) is 9.19. The van der Waals surface area contributed by atoms with Crippen molar-refractivity contribution in [2.24, 2.45) is 0 Å². The summed E-state index contributed by atoms with van der Waals surface area (Å²) in [4.78, 5) is 25.8. The number of hydrogen-bond acceptors (Lipinski definition) is 5. The number of hydrogen-bond donors (Lipinski definition) is 1. The fourth-order valence-corrected chi connectivity index (χ4v) is 1.87. The van der Waals surface area contributed by atoms with Crippen LogP contribution in [0.2, 0.25) is 0 Å². The predicted octanol–water partition coefficient (Wildman–Crippen LogP) is 0.322.